The van der Waals surface area contributed by atoms with Gasteiger partial charge in [-0.05, 0) is 56.1 Å². The van der Waals surface area contributed by atoms with Crippen molar-refractivity contribution in [2.24, 2.45) is 4.99 Å². The fourth-order valence-corrected chi connectivity index (χ4v) is 4.26. The van der Waals surface area contributed by atoms with Crippen molar-refractivity contribution in [3.8, 4) is 0 Å². The number of guanidine groups is 1. The van der Waals surface area contributed by atoms with Crippen molar-refractivity contribution in [3.05, 3.63) is 35.6 Å². The second kappa shape index (κ2) is 8.74. The number of nitrogens with one attached hydrogen (secondary N) is 2. The SMILES string of the molecule is CN=C(NCC1(c2cccc(F)c2)CC1)NC1CCC(SC)C1.I. The van der Waals surface area contributed by atoms with Crippen LogP contribution in [0.25, 0.3) is 0 Å². The van der Waals surface area contributed by atoms with Crippen LogP contribution in [0.3, 0.4) is 0 Å². The first-order valence-corrected chi connectivity index (χ1v) is 9.70. The molecule has 1 aromatic carbocycles. The van der Waals surface area contributed by atoms with E-state index in [9.17, 15) is 4.39 Å². The minimum atomic E-state index is -0.148. The van der Waals surface area contributed by atoms with E-state index < -0.39 is 0 Å². The van der Waals surface area contributed by atoms with E-state index in [1.54, 1.807) is 12.1 Å². The van der Waals surface area contributed by atoms with Gasteiger partial charge in [-0.25, -0.2) is 4.39 Å². The van der Waals surface area contributed by atoms with Crippen molar-refractivity contribution in [2.75, 3.05) is 19.8 Å². The quantitative estimate of drug-likeness (QED) is 0.395. The zero-order chi connectivity index (χ0) is 16.3. The maximum absolute atomic E-state index is 13.5. The van der Waals surface area contributed by atoms with Gasteiger partial charge in [0.25, 0.3) is 0 Å². The van der Waals surface area contributed by atoms with Gasteiger partial charge in [0.1, 0.15) is 5.82 Å². The number of hydrogen-bond acceptors (Lipinski definition) is 2. The van der Waals surface area contributed by atoms with E-state index in [4.69, 9.17) is 0 Å². The Kier molecular flexibility index (Phi) is 7.22. The summed E-state index contributed by atoms with van der Waals surface area (Å²) in [5, 5.41) is 7.78. The highest BCUT2D eigenvalue weighted by Crippen LogP contribution is 2.47. The van der Waals surface area contributed by atoms with Crippen molar-refractivity contribution in [3.63, 3.8) is 0 Å². The molecule has 2 atom stereocenters. The van der Waals surface area contributed by atoms with Crippen molar-refractivity contribution in [2.45, 2.75) is 48.8 Å². The first-order valence-electron chi connectivity index (χ1n) is 8.41. The summed E-state index contributed by atoms with van der Waals surface area (Å²) in [5.74, 6) is 0.727. The molecular weight excluding hydrogens is 436 g/mol. The third-order valence-electron chi connectivity index (χ3n) is 5.17. The van der Waals surface area contributed by atoms with Crippen LogP contribution in [0, 0.1) is 5.82 Å². The first-order chi connectivity index (χ1) is 11.1. The summed E-state index contributed by atoms with van der Waals surface area (Å²) < 4.78 is 13.5. The molecule has 0 spiro atoms. The van der Waals surface area contributed by atoms with Gasteiger partial charge < -0.3 is 10.6 Å². The number of halogens is 2. The molecule has 0 aromatic heterocycles. The highest BCUT2D eigenvalue weighted by Gasteiger charge is 2.44. The van der Waals surface area contributed by atoms with Crippen LogP contribution in [0.15, 0.2) is 29.3 Å². The Hall–Kier alpha value is -0.500. The fraction of sp³-hybridized carbons (Fsp3) is 0.611. The maximum Gasteiger partial charge on any atom is 0.191 e. The van der Waals surface area contributed by atoms with Crippen LogP contribution in [0.1, 0.15) is 37.7 Å². The molecule has 2 N–H and O–H groups in total. The lowest BCUT2D eigenvalue weighted by atomic mass is 9.96. The van der Waals surface area contributed by atoms with Gasteiger partial charge in [0, 0.05) is 30.3 Å². The van der Waals surface area contributed by atoms with Crippen LogP contribution >= 0.6 is 35.7 Å². The summed E-state index contributed by atoms with van der Waals surface area (Å²) in [6.45, 7) is 0.814. The summed E-state index contributed by atoms with van der Waals surface area (Å²) in [4.78, 5) is 4.36. The predicted octanol–water partition coefficient (Wildman–Crippen LogP) is 3.92. The summed E-state index contributed by atoms with van der Waals surface area (Å²) in [5.41, 5.74) is 1.18. The zero-order valence-electron chi connectivity index (χ0n) is 14.3. The number of thioether (sulfide) groups is 1. The second-order valence-electron chi connectivity index (χ2n) is 6.73. The summed E-state index contributed by atoms with van der Waals surface area (Å²) >= 11 is 1.96. The third-order valence-corrected chi connectivity index (χ3v) is 6.26. The summed E-state index contributed by atoms with van der Waals surface area (Å²) in [6.07, 6.45) is 8.11. The van der Waals surface area contributed by atoms with E-state index in [2.05, 4.69) is 21.9 Å². The largest absolute Gasteiger partial charge is 0.356 e. The van der Waals surface area contributed by atoms with Crippen LogP contribution in [0.2, 0.25) is 0 Å². The van der Waals surface area contributed by atoms with Crippen molar-refractivity contribution in [1.29, 1.82) is 0 Å². The standard InChI is InChI=1S/C18H26FN3S.HI/c1-20-17(22-15-6-7-16(11-15)23-2)21-12-18(8-9-18)13-4-3-5-14(19)10-13;/h3-5,10,15-16H,6-9,11-12H2,1-2H3,(H2,20,21,22);1H. The normalized spacial score (nSPS) is 25.0. The molecule has 0 radical (unpaired) electrons. The van der Waals surface area contributed by atoms with Crippen molar-refractivity contribution in [1.82, 2.24) is 10.6 Å². The minimum Gasteiger partial charge on any atom is -0.356 e. The molecule has 0 aliphatic heterocycles. The van der Waals surface area contributed by atoms with Gasteiger partial charge >= 0.3 is 0 Å². The van der Waals surface area contributed by atoms with Gasteiger partial charge in [-0.2, -0.15) is 11.8 Å². The van der Waals surface area contributed by atoms with Gasteiger partial charge in [0.2, 0.25) is 0 Å². The minimum absolute atomic E-state index is 0. The van der Waals surface area contributed by atoms with Gasteiger partial charge in [0.05, 0.1) is 0 Å². The monoisotopic (exact) mass is 463 g/mol. The molecule has 3 nitrogen and oxygen atoms in total. The number of nitrogens with zero attached hydrogens (tertiary/aromatic N) is 1. The van der Waals surface area contributed by atoms with E-state index in [0.717, 1.165) is 36.2 Å². The average molecular weight is 463 g/mol. The Labute approximate surface area is 165 Å². The Morgan fingerprint density at radius 2 is 2.17 bits per heavy atom. The maximum atomic E-state index is 13.5. The lowest BCUT2D eigenvalue weighted by Gasteiger charge is -2.21. The lowest BCUT2D eigenvalue weighted by molar-refractivity contribution is 0.588. The molecule has 1 aromatic rings. The molecule has 2 aliphatic carbocycles. The molecule has 0 bridgehead atoms. The molecule has 134 valence electrons. The third kappa shape index (κ3) is 4.77. The Balaban J connectivity index is 0.00000208. The van der Waals surface area contributed by atoms with Gasteiger partial charge in [-0.1, -0.05) is 12.1 Å². The molecule has 3 rings (SSSR count). The molecule has 0 amide bonds. The Morgan fingerprint density at radius 3 is 2.75 bits per heavy atom. The number of benzene rings is 1. The van der Waals surface area contributed by atoms with Crippen molar-refractivity contribution < 1.29 is 4.39 Å². The highest BCUT2D eigenvalue weighted by molar-refractivity contribution is 14.0. The molecule has 0 heterocycles. The highest BCUT2D eigenvalue weighted by atomic mass is 127. The van der Waals surface area contributed by atoms with Crippen LogP contribution in [-0.2, 0) is 5.41 Å². The second-order valence-corrected chi connectivity index (χ2v) is 7.87. The van der Waals surface area contributed by atoms with Crippen LogP contribution in [0.4, 0.5) is 4.39 Å². The number of aliphatic imine (C=N–C) groups is 1. The van der Waals surface area contributed by atoms with Crippen LogP contribution in [0.5, 0.6) is 0 Å². The van der Waals surface area contributed by atoms with Gasteiger partial charge in [-0.15, -0.1) is 24.0 Å². The summed E-state index contributed by atoms with van der Waals surface area (Å²) in [7, 11) is 1.82. The zero-order valence-corrected chi connectivity index (χ0v) is 17.5. The van der Waals surface area contributed by atoms with E-state index >= 15 is 0 Å². The van der Waals surface area contributed by atoms with E-state index in [1.807, 2.05) is 24.9 Å². The lowest BCUT2D eigenvalue weighted by Crippen LogP contribution is -2.45. The van der Waals surface area contributed by atoms with E-state index in [1.165, 1.54) is 25.3 Å². The molecule has 24 heavy (non-hydrogen) atoms. The molecule has 2 fully saturated rings. The molecular formula is C18H27FIN3S. The van der Waals surface area contributed by atoms with Crippen molar-refractivity contribution >= 4 is 41.7 Å². The number of hydrogen-bond donors (Lipinski definition) is 2. The average Bonchev–Trinajstić information content (AvgIpc) is 3.23. The molecule has 2 unspecified atom stereocenters. The molecule has 0 saturated heterocycles. The first kappa shape index (κ1) is 19.8. The molecule has 2 saturated carbocycles. The number of rotatable bonds is 5. The molecule has 2 aliphatic rings. The van der Waals surface area contributed by atoms with Crippen LogP contribution < -0.4 is 10.6 Å². The molecule has 6 heteroatoms. The summed E-state index contributed by atoms with van der Waals surface area (Å²) in [6, 6.07) is 7.54. The predicted molar refractivity (Wildman–Crippen MR) is 112 cm³/mol. The van der Waals surface area contributed by atoms with Crippen LogP contribution in [-0.4, -0.2) is 37.1 Å². The van der Waals surface area contributed by atoms with E-state index in [-0.39, 0.29) is 35.2 Å². The van der Waals surface area contributed by atoms with Gasteiger partial charge in [-0.3, -0.25) is 4.99 Å². The smallest absolute Gasteiger partial charge is 0.191 e. The topological polar surface area (TPSA) is 36.4 Å². The Morgan fingerprint density at radius 1 is 1.38 bits per heavy atom. The van der Waals surface area contributed by atoms with E-state index in [0.29, 0.717) is 6.04 Å². The fourth-order valence-electron chi connectivity index (χ4n) is 3.46. The van der Waals surface area contributed by atoms with Gasteiger partial charge in [0.15, 0.2) is 5.96 Å². The Bertz CT molecular complexity index is 577.